The van der Waals surface area contributed by atoms with E-state index in [4.69, 9.17) is 15.2 Å². The zero-order valence-electron chi connectivity index (χ0n) is 10.9. The van der Waals surface area contributed by atoms with Crippen LogP contribution in [-0.2, 0) is 6.61 Å². The maximum Gasteiger partial charge on any atom is 0.146 e. The highest BCUT2D eigenvalue weighted by Crippen LogP contribution is 2.25. The van der Waals surface area contributed by atoms with Gasteiger partial charge in [-0.3, -0.25) is 0 Å². The first-order chi connectivity index (χ1) is 9.11. The minimum atomic E-state index is -0.444. The number of ether oxygens (including phenoxy) is 2. The van der Waals surface area contributed by atoms with Crippen molar-refractivity contribution in [2.45, 2.75) is 13.5 Å². The molecule has 4 heteroatoms. The molecule has 0 radical (unpaired) electrons. The summed E-state index contributed by atoms with van der Waals surface area (Å²) in [6.07, 6.45) is 0. The number of rotatable bonds is 4. The fourth-order valence-corrected chi connectivity index (χ4v) is 1.82. The highest BCUT2D eigenvalue weighted by Gasteiger charge is 2.07. The Bertz CT molecular complexity index is 584. The molecular formula is C15H16FNO2. The Kier molecular flexibility index (Phi) is 3.90. The molecule has 0 saturated carbocycles. The van der Waals surface area contributed by atoms with Crippen LogP contribution in [0.15, 0.2) is 36.4 Å². The second-order valence-corrected chi connectivity index (χ2v) is 4.23. The zero-order valence-corrected chi connectivity index (χ0v) is 10.9. The molecule has 0 amide bonds. The van der Waals surface area contributed by atoms with Gasteiger partial charge in [-0.1, -0.05) is 12.1 Å². The van der Waals surface area contributed by atoms with E-state index in [1.807, 2.05) is 25.1 Å². The van der Waals surface area contributed by atoms with Gasteiger partial charge in [-0.2, -0.15) is 0 Å². The Morgan fingerprint density at radius 2 is 2.00 bits per heavy atom. The van der Waals surface area contributed by atoms with Crippen molar-refractivity contribution in [3.8, 4) is 11.5 Å². The number of benzene rings is 2. The number of halogens is 1. The summed E-state index contributed by atoms with van der Waals surface area (Å²) >= 11 is 0. The van der Waals surface area contributed by atoms with E-state index in [2.05, 4.69) is 0 Å². The molecule has 0 unspecified atom stereocenters. The van der Waals surface area contributed by atoms with Crippen LogP contribution in [0.4, 0.5) is 10.1 Å². The SMILES string of the molecule is COc1cccc(C)c1COc1ccc(F)c(N)c1. The predicted molar refractivity (Wildman–Crippen MR) is 72.9 cm³/mol. The molecule has 100 valence electrons. The molecular weight excluding hydrogens is 245 g/mol. The molecule has 0 saturated heterocycles. The summed E-state index contributed by atoms with van der Waals surface area (Å²) in [6, 6.07) is 10.1. The number of aryl methyl sites for hydroxylation is 1. The van der Waals surface area contributed by atoms with Gasteiger partial charge in [-0.15, -0.1) is 0 Å². The van der Waals surface area contributed by atoms with E-state index in [1.54, 1.807) is 13.2 Å². The maximum absolute atomic E-state index is 13.0. The molecule has 0 bridgehead atoms. The largest absolute Gasteiger partial charge is 0.496 e. The zero-order chi connectivity index (χ0) is 13.8. The molecule has 2 aromatic rings. The lowest BCUT2D eigenvalue weighted by atomic mass is 10.1. The Hall–Kier alpha value is -2.23. The van der Waals surface area contributed by atoms with Crippen LogP contribution >= 0.6 is 0 Å². The van der Waals surface area contributed by atoms with Crippen LogP contribution in [0.25, 0.3) is 0 Å². The van der Waals surface area contributed by atoms with Crippen molar-refractivity contribution >= 4 is 5.69 Å². The highest BCUT2D eigenvalue weighted by atomic mass is 19.1. The normalized spacial score (nSPS) is 10.3. The molecule has 0 aliphatic carbocycles. The fraction of sp³-hybridized carbons (Fsp3) is 0.200. The minimum absolute atomic E-state index is 0.0780. The second kappa shape index (κ2) is 5.61. The van der Waals surface area contributed by atoms with Gasteiger partial charge in [-0.05, 0) is 30.7 Å². The maximum atomic E-state index is 13.0. The molecule has 0 aromatic heterocycles. The van der Waals surface area contributed by atoms with Crippen LogP contribution in [0.2, 0.25) is 0 Å². The Morgan fingerprint density at radius 1 is 1.21 bits per heavy atom. The van der Waals surface area contributed by atoms with E-state index in [0.29, 0.717) is 12.4 Å². The van der Waals surface area contributed by atoms with Crippen molar-refractivity contribution in [1.29, 1.82) is 0 Å². The lowest BCUT2D eigenvalue weighted by Crippen LogP contribution is -2.02. The molecule has 0 spiro atoms. The molecule has 19 heavy (non-hydrogen) atoms. The van der Waals surface area contributed by atoms with Crippen molar-refractivity contribution in [1.82, 2.24) is 0 Å². The van der Waals surface area contributed by atoms with Gasteiger partial charge < -0.3 is 15.2 Å². The number of methoxy groups -OCH3 is 1. The quantitative estimate of drug-likeness (QED) is 0.859. The third-order valence-electron chi connectivity index (χ3n) is 2.94. The highest BCUT2D eigenvalue weighted by molar-refractivity contribution is 5.45. The van der Waals surface area contributed by atoms with Crippen molar-refractivity contribution in [3.63, 3.8) is 0 Å². The summed E-state index contributed by atoms with van der Waals surface area (Å²) in [7, 11) is 1.62. The Balaban J connectivity index is 2.16. The Morgan fingerprint density at radius 3 is 2.68 bits per heavy atom. The van der Waals surface area contributed by atoms with Gasteiger partial charge >= 0.3 is 0 Å². The molecule has 2 N–H and O–H groups in total. The summed E-state index contributed by atoms with van der Waals surface area (Å²) in [5.74, 6) is 0.861. The molecule has 0 fully saturated rings. The van der Waals surface area contributed by atoms with Crippen molar-refractivity contribution in [3.05, 3.63) is 53.3 Å². The average Bonchev–Trinajstić information content (AvgIpc) is 2.41. The summed E-state index contributed by atoms with van der Waals surface area (Å²) in [6.45, 7) is 2.33. The summed E-state index contributed by atoms with van der Waals surface area (Å²) < 4.78 is 24.0. The van der Waals surface area contributed by atoms with E-state index in [0.717, 1.165) is 16.9 Å². The van der Waals surface area contributed by atoms with Crippen LogP contribution in [0, 0.1) is 12.7 Å². The van der Waals surface area contributed by atoms with E-state index in [9.17, 15) is 4.39 Å². The second-order valence-electron chi connectivity index (χ2n) is 4.23. The van der Waals surface area contributed by atoms with E-state index < -0.39 is 5.82 Å². The number of hydrogen-bond donors (Lipinski definition) is 1. The third-order valence-corrected chi connectivity index (χ3v) is 2.94. The van der Waals surface area contributed by atoms with Gasteiger partial charge in [0, 0.05) is 11.6 Å². The van der Waals surface area contributed by atoms with Crippen LogP contribution in [0.5, 0.6) is 11.5 Å². The minimum Gasteiger partial charge on any atom is -0.496 e. The van der Waals surface area contributed by atoms with Gasteiger partial charge in [0.2, 0.25) is 0 Å². The standard InChI is InChI=1S/C15H16FNO2/c1-10-4-3-5-15(18-2)12(10)9-19-11-6-7-13(16)14(17)8-11/h3-8H,9,17H2,1-2H3. The topological polar surface area (TPSA) is 44.5 Å². The summed E-state index contributed by atoms with van der Waals surface area (Å²) in [5, 5.41) is 0. The smallest absolute Gasteiger partial charge is 0.146 e. The average molecular weight is 261 g/mol. The van der Waals surface area contributed by atoms with E-state index >= 15 is 0 Å². The molecule has 0 heterocycles. The molecule has 2 rings (SSSR count). The summed E-state index contributed by atoms with van der Waals surface area (Å²) in [5.41, 5.74) is 7.62. The van der Waals surface area contributed by atoms with E-state index in [-0.39, 0.29) is 5.69 Å². The molecule has 0 aliphatic heterocycles. The fourth-order valence-electron chi connectivity index (χ4n) is 1.82. The number of nitrogen functional groups attached to an aromatic ring is 1. The monoisotopic (exact) mass is 261 g/mol. The molecule has 3 nitrogen and oxygen atoms in total. The third kappa shape index (κ3) is 2.96. The first-order valence-electron chi connectivity index (χ1n) is 5.92. The van der Waals surface area contributed by atoms with Gasteiger partial charge in [0.05, 0.1) is 12.8 Å². The number of hydrogen-bond acceptors (Lipinski definition) is 3. The molecule has 2 aromatic carbocycles. The lowest BCUT2D eigenvalue weighted by molar-refractivity contribution is 0.295. The lowest BCUT2D eigenvalue weighted by Gasteiger charge is -2.13. The van der Waals surface area contributed by atoms with Crippen molar-refractivity contribution in [2.24, 2.45) is 0 Å². The van der Waals surface area contributed by atoms with Crippen molar-refractivity contribution in [2.75, 3.05) is 12.8 Å². The van der Waals surface area contributed by atoms with Crippen LogP contribution in [-0.4, -0.2) is 7.11 Å². The van der Waals surface area contributed by atoms with Crippen molar-refractivity contribution < 1.29 is 13.9 Å². The Labute approximate surface area is 111 Å². The predicted octanol–water partition coefficient (Wildman–Crippen LogP) is 3.30. The molecule has 0 aliphatic rings. The van der Waals surface area contributed by atoms with Gasteiger partial charge in [-0.25, -0.2) is 4.39 Å². The van der Waals surface area contributed by atoms with Crippen LogP contribution in [0.3, 0.4) is 0 Å². The van der Waals surface area contributed by atoms with Crippen LogP contribution in [0.1, 0.15) is 11.1 Å². The first-order valence-corrected chi connectivity index (χ1v) is 5.92. The number of nitrogens with two attached hydrogens (primary N) is 1. The van der Waals surface area contributed by atoms with E-state index in [1.165, 1.54) is 12.1 Å². The van der Waals surface area contributed by atoms with Gasteiger partial charge in [0.15, 0.2) is 0 Å². The van der Waals surface area contributed by atoms with Crippen LogP contribution < -0.4 is 15.2 Å². The molecule has 0 atom stereocenters. The summed E-state index contributed by atoms with van der Waals surface area (Å²) in [4.78, 5) is 0. The van der Waals surface area contributed by atoms with Gasteiger partial charge in [0.1, 0.15) is 23.9 Å². The van der Waals surface area contributed by atoms with Gasteiger partial charge in [0.25, 0.3) is 0 Å². The first kappa shape index (κ1) is 13.2. The number of anilines is 1.